The van der Waals surface area contributed by atoms with Crippen molar-refractivity contribution in [1.29, 1.82) is 0 Å². The van der Waals surface area contributed by atoms with E-state index in [4.69, 9.17) is 0 Å². The molecule has 4 rings (SSSR count). The molecule has 0 nitrogen and oxygen atoms in total. The second-order valence-corrected chi connectivity index (χ2v) is 6.18. The van der Waals surface area contributed by atoms with E-state index in [1.165, 1.54) is 27.8 Å². The molecule has 3 aromatic rings. The van der Waals surface area contributed by atoms with Crippen LogP contribution >= 0.6 is 0 Å². The second kappa shape index (κ2) is 6.72. The number of hydrogen-bond acceptors (Lipinski definition) is 0. The molecule has 0 aliphatic heterocycles. The molecule has 0 saturated carbocycles. The van der Waals surface area contributed by atoms with Gasteiger partial charge >= 0.3 is 0 Å². The molecule has 0 radical (unpaired) electrons. The molecule has 0 amide bonds. The van der Waals surface area contributed by atoms with Gasteiger partial charge in [-0.15, -0.1) is 0 Å². The van der Waals surface area contributed by atoms with Crippen molar-refractivity contribution in [3.8, 4) is 0 Å². The summed E-state index contributed by atoms with van der Waals surface area (Å²) in [7, 11) is 0. The predicted molar refractivity (Wildman–Crippen MR) is 103 cm³/mol. The normalized spacial score (nSPS) is 14.4. The first-order valence-corrected chi connectivity index (χ1v) is 8.48. The number of rotatable bonds is 4. The molecule has 0 bridgehead atoms. The Kier molecular flexibility index (Phi) is 4.12. The van der Waals surface area contributed by atoms with Gasteiger partial charge in [-0.25, -0.2) is 0 Å². The SMILES string of the molecule is C(=C[C@@H](C1=CCc2ccccc21)c1ccccc1)c1ccccc1. The average molecular weight is 308 g/mol. The number of benzene rings is 3. The van der Waals surface area contributed by atoms with Crippen molar-refractivity contribution in [2.24, 2.45) is 0 Å². The molecule has 116 valence electrons. The largest absolute Gasteiger partial charge is 0.0753 e. The van der Waals surface area contributed by atoms with E-state index < -0.39 is 0 Å². The fraction of sp³-hybridized carbons (Fsp3) is 0.0833. The van der Waals surface area contributed by atoms with Gasteiger partial charge in [-0.1, -0.05) is 103 Å². The summed E-state index contributed by atoms with van der Waals surface area (Å²) in [5.74, 6) is 0.287. The molecule has 0 heterocycles. The van der Waals surface area contributed by atoms with Crippen LogP contribution in [0, 0.1) is 0 Å². The van der Waals surface area contributed by atoms with Crippen molar-refractivity contribution < 1.29 is 0 Å². The fourth-order valence-electron chi connectivity index (χ4n) is 3.43. The highest BCUT2D eigenvalue weighted by Crippen LogP contribution is 2.39. The van der Waals surface area contributed by atoms with E-state index in [1.807, 2.05) is 0 Å². The molecule has 0 aromatic heterocycles. The topological polar surface area (TPSA) is 0 Å². The summed E-state index contributed by atoms with van der Waals surface area (Å²) in [5.41, 5.74) is 6.83. The van der Waals surface area contributed by atoms with Crippen molar-refractivity contribution in [1.82, 2.24) is 0 Å². The van der Waals surface area contributed by atoms with Crippen LogP contribution in [0.25, 0.3) is 11.6 Å². The van der Waals surface area contributed by atoms with Gasteiger partial charge in [-0.3, -0.25) is 0 Å². The Morgan fingerprint density at radius 3 is 2.17 bits per heavy atom. The van der Waals surface area contributed by atoms with Crippen LogP contribution in [0.1, 0.15) is 28.2 Å². The molecule has 1 aliphatic carbocycles. The van der Waals surface area contributed by atoms with E-state index in [0.29, 0.717) is 0 Å². The van der Waals surface area contributed by atoms with Gasteiger partial charge in [0, 0.05) is 5.92 Å². The molecule has 0 heteroatoms. The van der Waals surface area contributed by atoms with Crippen LogP contribution in [0.3, 0.4) is 0 Å². The summed E-state index contributed by atoms with van der Waals surface area (Å²) in [5, 5.41) is 0. The van der Waals surface area contributed by atoms with E-state index in [9.17, 15) is 0 Å². The molecule has 0 saturated heterocycles. The smallest absolute Gasteiger partial charge is 0.0275 e. The summed E-state index contributed by atoms with van der Waals surface area (Å²) in [4.78, 5) is 0. The lowest BCUT2D eigenvalue weighted by atomic mass is 9.87. The highest BCUT2D eigenvalue weighted by molar-refractivity contribution is 5.80. The highest BCUT2D eigenvalue weighted by atomic mass is 14.2. The quantitative estimate of drug-likeness (QED) is 0.544. The Labute approximate surface area is 143 Å². The third-order valence-electron chi connectivity index (χ3n) is 4.64. The van der Waals surface area contributed by atoms with Crippen LogP contribution in [0.5, 0.6) is 0 Å². The van der Waals surface area contributed by atoms with Gasteiger partial charge in [-0.05, 0) is 34.2 Å². The maximum absolute atomic E-state index is 2.39. The summed E-state index contributed by atoms with van der Waals surface area (Å²) in [6, 6.07) is 30.1. The zero-order valence-corrected chi connectivity index (χ0v) is 13.6. The van der Waals surface area contributed by atoms with Crippen LogP contribution in [0.15, 0.2) is 97.1 Å². The van der Waals surface area contributed by atoms with Crippen LogP contribution in [0.2, 0.25) is 0 Å². The minimum atomic E-state index is 0.287. The maximum Gasteiger partial charge on any atom is 0.0275 e. The van der Waals surface area contributed by atoms with Crippen LogP contribution < -0.4 is 0 Å². The summed E-state index contributed by atoms with van der Waals surface area (Å²) >= 11 is 0. The molecule has 0 fully saturated rings. The molecule has 0 spiro atoms. The Morgan fingerprint density at radius 2 is 1.38 bits per heavy atom. The summed E-state index contributed by atoms with van der Waals surface area (Å²) < 4.78 is 0. The van der Waals surface area contributed by atoms with Crippen molar-refractivity contribution in [2.75, 3.05) is 0 Å². The van der Waals surface area contributed by atoms with Gasteiger partial charge < -0.3 is 0 Å². The van der Waals surface area contributed by atoms with E-state index in [1.54, 1.807) is 0 Å². The lowest BCUT2D eigenvalue weighted by Gasteiger charge is -2.17. The van der Waals surface area contributed by atoms with Gasteiger partial charge in [0.05, 0.1) is 0 Å². The monoisotopic (exact) mass is 308 g/mol. The van der Waals surface area contributed by atoms with Gasteiger partial charge in [0.2, 0.25) is 0 Å². The Morgan fingerprint density at radius 1 is 0.708 bits per heavy atom. The predicted octanol–water partition coefficient (Wildman–Crippen LogP) is 6.12. The first-order chi connectivity index (χ1) is 11.9. The third-order valence-corrected chi connectivity index (χ3v) is 4.64. The van der Waals surface area contributed by atoms with E-state index in [-0.39, 0.29) is 5.92 Å². The molecule has 0 unspecified atom stereocenters. The van der Waals surface area contributed by atoms with Crippen molar-refractivity contribution in [2.45, 2.75) is 12.3 Å². The van der Waals surface area contributed by atoms with E-state index in [0.717, 1.165) is 6.42 Å². The molecule has 3 aromatic carbocycles. The van der Waals surface area contributed by atoms with Crippen molar-refractivity contribution in [3.63, 3.8) is 0 Å². The first-order valence-electron chi connectivity index (χ1n) is 8.48. The van der Waals surface area contributed by atoms with Crippen LogP contribution in [-0.4, -0.2) is 0 Å². The number of allylic oxidation sites excluding steroid dienone is 3. The molecule has 0 N–H and O–H groups in total. The molecule has 24 heavy (non-hydrogen) atoms. The summed E-state index contributed by atoms with van der Waals surface area (Å²) in [6.07, 6.45) is 7.99. The van der Waals surface area contributed by atoms with Crippen molar-refractivity contribution in [3.05, 3.63) is 119 Å². The average Bonchev–Trinajstić information content (AvgIpc) is 3.08. The van der Waals surface area contributed by atoms with Gasteiger partial charge in [0.15, 0.2) is 0 Å². The first kappa shape index (κ1) is 14.7. The van der Waals surface area contributed by atoms with Crippen LogP contribution in [0.4, 0.5) is 0 Å². The minimum Gasteiger partial charge on any atom is -0.0753 e. The number of hydrogen-bond donors (Lipinski definition) is 0. The molecular weight excluding hydrogens is 288 g/mol. The Balaban J connectivity index is 1.74. The lowest BCUT2D eigenvalue weighted by Crippen LogP contribution is -1.98. The standard InChI is InChI=1S/C24H20/c1-3-9-19(10-4-1)15-17-23(20-11-5-2-6-12-20)24-18-16-21-13-7-8-14-22(21)24/h1-15,17-18,23H,16H2/t23-/m1/s1. The fourth-order valence-corrected chi connectivity index (χ4v) is 3.43. The van der Waals surface area contributed by atoms with Gasteiger partial charge in [0.25, 0.3) is 0 Å². The summed E-state index contributed by atoms with van der Waals surface area (Å²) in [6.45, 7) is 0. The maximum atomic E-state index is 2.39. The zero-order chi connectivity index (χ0) is 16.2. The van der Waals surface area contributed by atoms with Crippen molar-refractivity contribution >= 4 is 11.6 Å². The third kappa shape index (κ3) is 2.96. The highest BCUT2D eigenvalue weighted by Gasteiger charge is 2.21. The second-order valence-electron chi connectivity index (χ2n) is 6.18. The molecular formula is C24H20. The Hall–Kier alpha value is -2.86. The number of fused-ring (bicyclic) bond motifs is 1. The molecule has 1 atom stereocenters. The van der Waals surface area contributed by atoms with Gasteiger partial charge in [0.1, 0.15) is 0 Å². The van der Waals surface area contributed by atoms with Gasteiger partial charge in [-0.2, -0.15) is 0 Å². The minimum absolute atomic E-state index is 0.287. The zero-order valence-electron chi connectivity index (χ0n) is 13.6. The van der Waals surface area contributed by atoms with E-state index >= 15 is 0 Å². The molecule has 1 aliphatic rings. The van der Waals surface area contributed by atoms with Crippen LogP contribution in [-0.2, 0) is 6.42 Å². The van der Waals surface area contributed by atoms with E-state index in [2.05, 4.69) is 103 Å². The lowest BCUT2D eigenvalue weighted by molar-refractivity contribution is 1.11. The Bertz CT molecular complexity index is 870.